The molecule has 85 valence electrons. The SMILES string of the molecule is C[C](CO)c1cc(C#N)ccc1OC(C)C. The number of nitrogens with zero attached hydrogens (tertiary/aromatic N) is 1. The molecule has 0 aliphatic carbocycles. The van der Waals surface area contributed by atoms with E-state index in [1.54, 1.807) is 18.2 Å². The standard InChI is InChI=1S/C13H16NO2/c1-9(2)16-13-5-4-11(7-14)6-12(13)10(3)8-15/h4-6,9,15H,8H2,1-3H3. The van der Waals surface area contributed by atoms with Gasteiger partial charge in [-0.25, -0.2) is 0 Å². The Labute approximate surface area is 96.3 Å². The lowest BCUT2D eigenvalue weighted by atomic mass is 9.99. The number of benzene rings is 1. The van der Waals surface area contributed by atoms with E-state index >= 15 is 0 Å². The minimum absolute atomic E-state index is 0.0384. The maximum atomic E-state index is 9.13. The highest BCUT2D eigenvalue weighted by Gasteiger charge is 2.13. The molecule has 0 heterocycles. The number of rotatable bonds is 4. The van der Waals surface area contributed by atoms with Crippen LogP contribution in [0.4, 0.5) is 0 Å². The van der Waals surface area contributed by atoms with E-state index in [1.807, 2.05) is 20.8 Å². The van der Waals surface area contributed by atoms with E-state index in [2.05, 4.69) is 6.07 Å². The van der Waals surface area contributed by atoms with E-state index in [4.69, 9.17) is 15.1 Å². The smallest absolute Gasteiger partial charge is 0.123 e. The van der Waals surface area contributed by atoms with Crippen LogP contribution in [-0.2, 0) is 0 Å². The van der Waals surface area contributed by atoms with E-state index < -0.39 is 0 Å². The molecule has 3 heteroatoms. The Hall–Kier alpha value is -1.53. The number of aliphatic hydroxyl groups is 1. The number of ether oxygens (including phenoxy) is 1. The second-order valence-corrected chi connectivity index (χ2v) is 3.93. The molecule has 0 amide bonds. The van der Waals surface area contributed by atoms with Crippen molar-refractivity contribution in [3.05, 3.63) is 35.2 Å². The van der Waals surface area contributed by atoms with Gasteiger partial charge in [0.2, 0.25) is 0 Å². The normalized spacial score (nSPS) is 10.6. The maximum Gasteiger partial charge on any atom is 0.123 e. The summed E-state index contributed by atoms with van der Waals surface area (Å²) < 4.78 is 5.63. The van der Waals surface area contributed by atoms with Crippen molar-refractivity contribution in [1.82, 2.24) is 0 Å². The Balaban J connectivity index is 3.12. The number of aliphatic hydroxyl groups excluding tert-OH is 1. The number of nitriles is 1. The second kappa shape index (κ2) is 5.53. The van der Waals surface area contributed by atoms with Gasteiger partial charge < -0.3 is 9.84 Å². The number of hydrogen-bond donors (Lipinski definition) is 1. The summed E-state index contributed by atoms with van der Waals surface area (Å²) in [7, 11) is 0. The van der Waals surface area contributed by atoms with Gasteiger partial charge in [0.25, 0.3) is 0 Å². The Morgan fingerprint density at radius 2 is 2.19 bits per heavy atom. The molecule has 0 aliphatic heterocycles. The van der Waals surface area contributed by atoms with Gasteiger partial charge in [0.15, 0.2) is 0 Å². The van der Waals surface area contributed by atoms with Crippen molar-refractivity contribution in [2.24, 2.45) is 0 Å². The average Bonchev–Trinajstić information content (AvgIpc) is 2.28. The molecular formula is C13H16NO2. The first-order chi connectivity index (χ1) is 7.58. The first kappa shape index (κ1) is 12.5. The molecule has 1 radical (unpaired) electrons. The van der Waals surface area contributed by atoms with Crippen LogP contribution in [0.3, 0.4) is 0 Å². The molecular weight excluding hydrogens is 202 g/mol. The van der Waals surface area contributed by atoms with Gasteiger partial charge in [-0.3, -0.25) is 0 Å². The fourth-order valence-electron chi connectivity index (χ4n) is 1.37. The summed E-state index contributed by atoms with van der Waals surface area (Å²) in [4.78, 5) is 0. The summed E-state index contributed by atoms with van der Waals surface area (Å²) >= 11 is 0. The molecule has 0 fully saturated rings. The first-order valence-corrected chi connectivity index (χ1v) is 5.23. The van der Waals surface area contributed by atoms with Crippen molar-refractivity contribution >= 4 is 0 Å². The number of hydrogen-bond acceptors (Lipinski definition) is 3. The Bertz CT molecular complexity index is 393. The third kappa shape index (κ3) is 2.98. The molecule has 0 spiro atoms. The summed E-state index contributed by atoms with van der Waals surface area (Å²) in [6, 6.07) is 7.30. The summed E-state index contributed by atoms with van der Waals surface area (Å²) in [6.07, 6.45) is 0.0678. The predicted molar refractivity (Wildman–Crippen MR) is 62.0 cm³/mol. The van der Waals surface area contributed by atoms with Gasteiger partial charge in [-0.05, 0) is 32.0 Å². The van der Waals surface area contributed by atoms with Gasteiger partial charge in [-0.15, -0.1) is 0 Å². The van der Waals surface area contributed by atoms with Crippen molar-refractivity contribution in [2.45, 2.75) is 26.9 Å². The van der Waals surface area contributed by atoms with Crippen molar-refractivity contribution in [2.75, 3.05) is 6.61 Å². The van der Waals surface area contributed by atoms with Gasteiger partial charge in [0.1, 0.15) is 5.75 Å². The minimum atomic E-state index is -0.0384. The van der Waals surface area contributed by atoms with Gasteiger partial charge in [-0.1, -0.05) is 6.92 Å². The zero-order valence-corrected chi connectivity index (χ0v) is 9.82. The van der Waals surface area contributed by atoms with Crippen LogP contribution in [0.1, 0.15) is 31.9 Å². The van der Waals surface area contributed by atoms with E-state index in [0.717, 1.165) is 11.5 Å². The van der Waals surface area contributed by atoms with Crippen LogP contribution >= 0.6 is 0 Å². The van der Waals surface area contributed by atoms with Gasteiger partial charge in [0.05, 0.1) is 24.3 Å². The van der Waals surface area contributed by atoms with Crippen molar-refractivity contribution in [3.63, 3.8) is 0 Å². The molecule has 1 aromatic rings. The van der Waals surface area contributed by atoms with Crippen LogP contribution in [0, 0.1) is 17.2 Å². The lowest BCUT2D eigenvalue weighted by Gasteiger charge is -2.17. The molecule has 1 aromatic carbocycles. The fraction of sp³-hybridized carbons (Fsp3) is 0.385. The maximum absolute atomic E-state index is 9.13. The van der Waals surface area contributed by atoms with E-state index in [-0.39, 0.29) is 12.7 Å². The van der Waals surface area contributed by atoms with Gasteiger partial charge in [-0.2, -0.15) is 5.26 Å². The first-order valence-electron chi connectivity index (χ1n) is 5.23. The molecule has 0 aromatic heterocycles. The summed E-state index contributed by atoms with van der Waals surface area (Å²) in [5, 5.41) is 18.0. The zero-order valence-electron chi connectivity index (χ0n) is 9.82. The summed E-state index contributed by atoms with van der Waals surface area (Å²) in [6.45, 7) is 5.67. The minimum Gasteiger partial charge on any atom is -0.491 e. The average molecular weight is 218 g/mol. The van der Waals surface area contributed by atoms with Gasteiger partial charge in [0, 0.05) is 11.5 Å². The Kier molecular flexibility index (Phi) is 4.33. The Morgan fingerprint density at radius 3 is 2.69 bits per heavy atom. The highest BCUT2D eigenvalue weighted by molar-refractivity contribution is 5.48. The predicted octanol–water partition coefficient (Wildman–Crippen LogP) is 2.28. The summed E-state index contributed by atoms with van der Waals surface area (Å²) in [5.74, 6) is 1.51. The molecule has 1 rings (SSSR count). The van der Waals surface area contributed by atoms with E-state index in [1.165, 1.54) is 0 Å². The molecule has 0 atom stereocenters. The monoisotopic (exact) mass is 218 g/mol. The molecule has 0 saturated carbocycles. The largest absolute Gasteiger partial charge is 0.491 e. The van der Waals surface area contributed by atoms with Crippen molar-refractivity contribution in [3.8, 4) is 11.8 Å². The van der Waals surface area contributed by atoms with Crippen LogP contribution in [0.25, 0.3) is 0 Å². The highest BCUT2D eigenvalue weighted by Crippen LogP contribution is 2.27. The molecule has 3 nitrogen and oxygen atoms in total. The highest BCUT2D eigenvalue weighted by atomic mass is 16.5. The van der Waals surface area contributed by atoms with Crippen LogP contribution in [-0.4, -0.2) is 17.8 Å². The lowest BCUT2D eigenvalue weighted by molar-refractivity contribution is 0.238. The third-order valence-electron chi connectivity index (χ3n) is 2.17. The van der Waals surface area contributed by atoms with E-state index in [0.29, 0.717) is 11.3 Å². The molecule has 0 saturated heterocycles. The lowest BCUT2D eigenvalue weighted by Crippen LogP contribution is -2.10. The van der Waals surface area contributed by atoms with Crippen LogP contribution < -0.4 is 4.74 Å². The van der Waals surface area contributed by atoms with Crippen molar-refractivity contribution in [1.29, 1.82) is 5.26 Å². The van der Waals surface area contributed by atoms with E-state index in [9.17, 15) is 0 Å². The Morgan fingerprint density at radius 1 is 1.50 bits per heavy atom. The van der Waals surface area contributed by atoms with Gasteiger partial charge >= 0.3 is 0 Å². The molecule has 0 aliphatic rings. The molecule has 0 unspecified atom stereocenters. The van der Waals surface area contributed by atoms with Crippen LogP contribution in [0.15, 0.2) is 18.2 Å². The second-order valence-electron chi connectivity index (χ2n) is 3.93. The summed E-state index contributed by atoms with van der Waals surface area (Å²) in [5.41, 5.74) is 1.37. The molecule has 16 heavy (non-hydrogen) atoms. The molecule has 0 bridgehead atoms. The van der Waals surface area contributed by atoms with Crippen LogP contribution in [0.5, 0.6) is 5.75 Å². The molecule has 1 N–H and O–H groups in total. The zero-order chi connectivity index (χ0) is 12.1. The third-order valence-corrected chi connectivity index (χ3v) is 2.17. The van der Waals surface area contributed by atoms with Crippen molar-refractivity contribution < 1.29 is 9.84 Å². The fourth-order valence-corrected chi connectivity index (χ4v) is 1.37. The topological polar surface area (TPSA) is 53.2 Å². The van der Waals surface area contributed by atoms with Crippen LogP contribution in [0.2, 0.25) is 0 Å². The quantitative estimate of drug-likeness (QED) is 0.843.